The maximum Gasteiger partial charge on any atom is 0.246 e. The van der Waals surface area contributed by atoms with Gasteiger partial charge in [0.05, 0.1) is 5.75 Å². The van der Waals surface area contributed by atoms with Gasteiger partial charge >= 0.3 is 0 Å². The van der Waals surface area contributed by atoms with Gasteiger partial charge in [-0.05, 0) is 43.2 Å². The zero-order chi connectivity index (χ0) is 22.3. The molecule has 0 radical (unpaired) electrons. The number of carbonyl (C=O) groups excluding carboxylic acids is 2. The number of halogens is 1. The van der Waals surface area contributed by atoms with E-state index in [1.54, 1.807) is 30.6 Å². The summed E-state index contributed by atoms with van der Waals surface area (Å²) in [5, 5.41) is 10.6. The van der Waals surface area contributed by atoms with Crippen molar-refractivity contribution in [2.24, 2.45) is 0 Å². The van der Waals surface area contributed by atoms with Crippen molar-refractivity contribution in [3.63, 3.8) is 0 Å². The Balaban J connectivity index is 1.46. The van der Waals surface area contributed by atoms with E-state index in [-0.39, 0.29) is 30.2 Å². The van der Waals surface area contributed by atoms with Crippen molar-refractivity contribution in [1.82, 2.24) is 25.1 Å². The molecular formula is C22H23FN6O2S. The van der Waals surface area contributed by atoms with Gasteiger partial charge in [0.2, 0.25) is 11.8 Å². The lowest BCUT2D eigenvalue weighted by atomic mass is 10.2. The van der Waals surface area contributed by atoms with Crippen molar-refractivity contribution < 1.29 is 14.0 Å². The summed E-state index contributed by atoms with van der Waals surface area (Å²) < 4.78 is 14.9. The molecule has 0 unspecified atom stereocenters. The molecule has 1 aliphatic carbocycles. The standard InChI is InChI=1S/C22H23FN6O2S/c23-16-4-3-7-18(12-16)26-19(30)13-29-22(27-21(28-29)15-8-10-24-11-9-15)32-14-20(31)25-17-5-1-2-6-17/h3-4,7-12,17H,1-2,5-6,13-14H2,(H,25,31)(H,26,30). The predicted octanol–water partition coefficient (Wildman–Crippen LogP) is 3.27. The first-order valence-electron chi connectivity index (χ1n) is 10.4. The topological polar surface area (TPSA) is 102 Å². The van der Waals surface area contributed by atoms with E-state index in [4.69, 9.17) is 0 Å². The fourth-order valence-corrected chi connectivity index (χ4v) is 4.28. The smallest absolute Gasteiger partial charge is 0.246 e. The molecule has 2 amide bonds. The van der Waals surface area contributed by atoms with Gasteiger partial charge in [-0.25, -0.2) is 14.1 Å². The largest absolute Gasteiger partial charge is 0.353 e. The van der Waals surface area contributed by atoms with Crippen LogP contribution in [0.2, 0.25) is 0 Å². The first kappa shape index (κ1) is 21.9. The van der Waals surface area contributed by atoms with Crippen LogP contribution in [-0.4, -0.2) is 43.4 Å². The molecule has 3 aromatic rings. The van der Waals surface area contributed by atoms with Crippen molar-refractivity contribution in [3.05, 3.63) is 54.6 Å². The minimum Gasteiger partial charge on any atom is -0.353 e. The summed E-state index contributed by atoms with van der Waals surface area (Å²) in [5.74, 6) is -0.265. The van der Waals surface area contributed by atoms with E-state index >= 15 is 0 Å². The quantitative estimate of drug-likeness (QED) is 0.507. The molecule has 1 saturated carbocycles. The van der Waals surface area contributed by atoms with Gasteiger partial charge in [0, 0.05) is 29.7 Å². The number of anilines is 1. The minimum absolute atomic E-state index is 0.0638. The molecule has 166 valence electrons. The lowest BCUT2D eigenvalue weighted by Crippen LogP contribution is -2.33. The van der Waals surface area contributed by atoms with Crippen LogP contribution in [0.15, 0.2) is 53.9 Å². The summed E-state index contributed by atoms with van der Waals surface area (Å²) in [5.41, 5.74) is 1.11. The number of nitrogens with one attached hydrogen (secondary N) is 2. The van der Waals surface area contributed by atoms with E-state index < -0.39 is 5.82 Å². The Morgan fingerprint density at radius 2 is 1.91 bits per heavy atom. The van der Waals surface area contributed by atoms with E-state index in [9.17, 15) is 14.0 Å². The van der Waals surface area contributed by atoms with Crippen molar-refractivity contribution in [2.75, 3.05) is 11.1 Å². The maximum atomic E-state index is 13.4. The van der Waals surface area contributed by atoms with Crippen molar-refractivity contribution in [1.29, 1.82) is 0 Å². The molecule has 1 aliphatic rings. The monoisotopic (exact) mass is 454 g/mol. The highest BCUT2D eigenvalue weighted by molar-refractivity contribution is 7.99. The van der Waals surface area contributed by atoms with Crippen LogP contribution in [0.4, 0.5) is 10.1 Å². The van der Waals surface area contributed by atoms with Gasteiger partial charge in [0.1, 0.15) is 12.4 Å². The van der Waals surface area contributed by atoms with Crippen LogP contribution in [0.1, 0.15) is 25.7 Å². The molecule has 0 atom stereocenters. The number of aromatic nitrogens is 4. The number of amides is 2. The molecule has 1 aromatic carbocycles. The predicted molar refractivity (Wildman–Crippen MR) is 119 cm³/mol. The highest BCUT2D eigenvalue weighted by Gasteiger charge is 2.19. The normalized spacial score (nSPS) is 13.8. The summed E-state index contributed by atoms with van der Waals surface area (Å²) in [7, 11) is 0. The van der Waals surface area contributed by atoms with Gasteiger partial charge < -0.3 is 10.6 Å². The van der Waals surface area contributed by atoms with Gasteiger partial charge in [-0.15, -0.1) is 5.10 Å². The van der Waals surface area contributed by atoms with Gasteiger partial charge in [-0.3, -0.25) is 14.6 Å². The fourth-order valence-electron chi connectivity index (χ4n) is 3.53. The highest BCUT2D eigenvalue weighted by atomic mass is 32.2. The summed E-state index contributed by atoms with van der Waals surface area (Å²) in [6, 6.07) is 9.45. The molecule has 0 saturated heterocycles. The van der Waals surface area contributed by atoms with Gasteiger partial charge in [0.25, 0.3) is 0 Å². The number of pyridine rings is 1. The third-order valence-electron chi connectivity index (χ3n) is 5.03. The van der Waals surface area contributed by atoms with Crippen LogP contribution >= 0.6 is 11.8 Å². The fraction of sp³-hybridized carbons (Fsp3) is 0.318. The Hall–Kier alpha value is -3.27. The zero-order valence-corrected chi connectivity index (χ0v) is 18.1. The van der Waals surface area contributed by atoms with Crippen LogP contribution in [0.25, 0.3) is 11.4 Å². The molecule has 8 nitrogen and oxygen atoms in total. The van der Waals surface area contributed by atoms with Gasteiger partial charge in [-0.2, -0.15) is 0 Å². The second-order valence-electron chi connectivity index (χ2n) is 7.51. The number of hydrogen-bond acceptors (Lipinski definition) is 6. The number of thioether (sulfide) groups is 1. The first-order valence-corrected chi connectivity index (χ1v) is 11.4. The number of benzene rings is 1. The van der Waals surface area contributed by atoms with Crippen LogP contribution < -0.4 is 10.6 Å². The Morgan fingerprint density at radius 1 is 1.12 bits per heavy atom. The lowest BCUT2D eigenvalue weighted by molar-refractivity contribution is -0.119. The highest BCUT2D eigenvalue weighted by Crippen LogP contribution is 2.22. The third-order valence-corrected chi connectivity index (χ3v) is 6.00. The summed E-state index contributed by atoms with van der Waals surface area (Å²) in [6.45, 7) is -0.124. The average Bonchev–Trinajstić information content (AvgIpc) is 3.43. The Kier molecular flexibility index (Phi) is 7.10. The summed E-state index contributed by atoms with van der Waals surface area (Å²) >= 11 is 1.23. The molecule has 2 heterocycles. The number of hydrogen-bond donors (Lipinski definition) is 2. The third kappa shape index (κ3) is 5.91. The van der Waals surface area contributed by atoms with Gasteiger partial charge in [-0.1, -0.05) is 30.7 Å². The lowest BCUT2D eigenvalue weighted by Gasteiger charge is -2.11. The van der Waals surface area contributed by atoms with Gasteiger partial charge in [0.15, 0.2) is 11.0 Å². The molecule has 2 aromatic heterocycles. The summed E-state index contributed by atoms with van der Waals surface area (Å²) in [4.78, 5) is 33.4. The molecule has 32 heavy (non-hydrogen) atoms. The Labute approximate surface area is 189 Å². The molecule has 0 spiro atoms. The second kappa shape index (κ2) is 10.4. The first-order chi connectivity index (χ1) is 15.6. The van der Waals surface area contributed by atoms with E-state index in [2.05, 4.69) is 25.7 Å². The number of carbonyl (C=O) groups is 2. The van der Waals surface area contributed by atoms with Crippen molar-refractivity contribution in [2.45, 2.75) is 43.4 Å². The number of nitrogens with zero attached hydrogens (tertiary/aromatic N) is 4. The average molecular weight is 455 g/mol. The Morgan fingerprint density at radius 3 is 2.66 bits per heavy atom. The van der Waals surface area contributed by atoms with Crippen LogP contribution in [0.3, 0.4) is 0 Å². The Bertz CT molecular complexity index is 1090. The molecule has 10 heteroatoms. The minimum atomic E-state index is -0.437. The van der Waals surface area contributed by atoms with E-state index in [0.29, 0.717) is 16.7 Å². The van der Waals surface area contributed by atoms with Crippen LogP contribution in [-0.2, 0) is 16.1 Å². The molecule has 4 rings (SSSR count). The SMILES string of the molecule is O=C(Cn1nc(-c2ccncc2)nc1SCC(=O)NC1CCCC1)Nc1cccc(F)c1. The summed E-state index contributed by atoms with van der Waals surface area (Å²) in [6.07, 6.45) is 7.57. The molecule has 0 bridgehead atoms. The maximum absolute atomic E-state index is 13.4. The van der Waals surface area contributed by atoms with Crippen LogP contribution in [0.5, 0.6) is 0 Å². The molecule has 1 fully saturated rings. The van der Waals surface area contributed by atoms with Crippen molar-refractivity contribution in [3.8, 4) is 11.4 Å². The second-order valence-corrected chi connectivity index (χ2v) is 8.45. The van der Waals surface area contributed by atoms with E-state index in [0.717, 1.165) is 31.2 Å². The van der Waals surface area contributed by atoms with Crippen LogP contribution in [0, 0.1) is 5.82 Å². The van der Waals surface area contributed by atoms with E-state index in [1.165, 1.54) is 34.6 Å². The molecule has 0 aliphatic heterocycles. The number of rotatable bonds is 8. The molecular weight excluding hydrogens is 431 g/mol. The zero-order valence-electron chi connectivity index (χ0n) is 17.3. The van der Waals surface area contributed by atoms with E-state index in [1.807, 2.05) is 0 Å². The molecule has 2 N–H and O–H groups in total. The van der Waals surface area contributed by atoms with Crippen molar-refractivity contribution >= 4 is 29.3 Å².